The van der Waals surface area contributed by atoms with Gasteiger partial charge in [0.05, 0.1) is 4.90 Å². The number of hydrogen-bond acceptors (Lipinski definition) is 3. The molecule has 1 aromatic rings. The molecule has 0 fully saturated rings. The molecule has 0 saturated carbocycles. The van der Waals surface area contributed by atoms with Crippen molar-refractivity contribution in [3.63, 3.8) is 0 Å². The van der Waals surface area contributed by atoms with Crippen LogP contribution in [0, 0.1) is 6.92 Å². The van der Waals surface area contributed by atoms with Crippen LogP contribution in [0.1, 0.15) is 24.5 Å². The Hall–Kier alpha value is -1.17. The Balaban J connectivity index is 2.43. The zero-order valence-corrected chi connectivity index (χ0v) is 12.2. The minimum Gasteiger partial charge on any atom is -0.326 e. The average molecular weight is 280 g/mol. The lowest BCUT2D eigenvalue weighted by Crippen LogP contribution is -2.35. The molecule has 0 aliphatic carbocycles. The minimum absolute atomic E-state index is 0.355. The number of sulfonamides is 1. The predicted molar refractivity (Wildman–Crippen MR) is 76.2 cm³/mol. The van der Waals surface area contributed by atoms with Crippen molar-refractivity contribution in [2.75, 3.05) is 13.1 Å². The van der Waals surface area contributed by atoms with E-state index < -0.39 is 10.0 Å². The SMILES string of the molecule is CC1=CCCN(S(=O)(=O)c2cccc(CN)c2C)C1. The van der Waals surface area contributed by atoms with Crippen LogP contribution in [0.2, 0.25) is 0 Å². The average Bonchev–Trinajstić information content (AvgIpc) is 2.38. The fourth-order valence-corrected chi connectivity index (χ4v) is 4.15. The van der Waals surface area contributed by atoms with Gasteiger partial charge in [-0.05, 0) is 37.5 Å². The third-order valence-electron chi connectivity index (χ3n) is 3.53. The van der Waals surface area contributed by atoms with E-state index in [1.165, 1.54) is 0 Å². The molecule has 1 aliphatic rings. The van der Waals surface area contributed by atoms with Gasteiger partial charge in [0.15, 0.2) is 0 Å². The molecule has 1 aromatic carbocycles. The van der Waals surface area contributed by atoms with Gasteiger partial charge in [-0.15, -0.1) is 0 Å². The van der Waals surface area contributed by atoms with Gasteiger partial charge in [0.25, 0.3) is 0 Å². The summed E-state index contributed by atoms with van der Waals surface area (Å²) in [5.74, 6) is 0. The van der Waals surface area contributed by atoms with E-state index in [4.69, 9.17) is 5.73 Å². The number of rotatable bonds is 3. The van der Waals surface area contributed by atoms with Crippen molar-refractivity contribution < 1.29 is 8.42 Å². The van der Waals surface area contributed by atoms with Gasteiger partial charge in [0, 0.05) is 19.6 Å². The quantitative estimate of drug-likeness (QED) is 0.859. The summed E-state index contributed by atoms with van der Waals surface area (Å²) in [6, 6.07) is 5.29. The zero-order chi connectivity index (χ0) is 14.0. The first kappa shape index (κ1) is 14.2. The summed E-state index contributed by atoms with van der Waals surface area (Å²) in [4.78, 5) is 0.380. The fourth-order valence-electron chi connectivity index (χ4n) is 2.38. The summed E-state index contributed by atoms with van der Waals surface area (Å²) in [5, 5.41) is 0. The molecule has 0 bridgehead atoms. The highest BCUT2D eigenvalue weighted by atomic mass is 32.2. The maximum Gasteiger partial charge on any atom is 0.243 e. The van der Waals surface area contributed by atoms with Gasteiger partial charge in [-0.2, -0.15) is 4.31 Å². The zero-order valence-electron chi connectivity index (χ0n) is 11.4. The Morgan fingerprint density at radius 3 is 2.68 bits per heavy atom. The summed E-state index contributed by atoms with van der Waals surface area (Å²) in [7, 11) is -3.42. The molecule has 0 aromatic heterocycles. The van der Waals surface area contributed by atoms with E-state index in [0.717, 1.165) is 23.1 Å². The molecule has 2 rings (SSSR count). The molecular formula is C14H20N2O2S. The summed E-state index contributed by atoms with van der Waals surface area (Å²) in [6.45, 7) is 5.17. The first-order valence-electron chi connectivity index (χ1n) is 6.41. The Morgan fingerprint density at radius 1 is 1.32 bits per heavy atom. The van der Waals surface area contributed by atoms with Crippen LogP contribution in [0.5, 0.6) is 0 Å². The molecule has 1 aliphatic heterocycles. The lowest BCUT2D eigenvalue weighted by atomic mass is 10.1. The van der Waals surface area contributed by atoms with Crippen LogP contribution in [0.4, 0.5) is 0 Å². The lowest BCUT2D eigenvalue weighted by molar-refractivity contribution is 0.427. The highest BCUT2D eigenvalue weighted by Crippen LogP contribution is 2.24. The molecule has 19 heavy (non-hydrogen) atoms. The van der Waals surface area contributed by atoms with E-state index in [1.54, 1.807) is 16.4 Å². The third-order valence-corrected chi connectivity index (χ3v) is 5.52. The molecule has 1 heterocycles. The van der Waals surface area contributed by atoms with E-state index in [9.17, 15) is 8.42 Å². The van der Waals surface area contributed by atoms with Gasteiger partial charge in [-0.25, -0.2) is 8.42 Å². The molecule has 0 unspecified atom stereocenters. The second-order valence-electron chi connectivity index (χ2n) is 4.92. The van der Waals surface area contributed by atoms with Crippen LogP contribution < -0.4 is 5.73 Å². The van der Waals surface area contributed by atoms with E-state index >= 15 is 0 Å². The summed E-state index contributed by atoms with van der Waals surface area (Å²) in [5.41, 5.74) is 8.39. The molecule has 0 amide bonds. The monoisotopic (exact) mass is 280 g/mol. The Morgan fingerprint density at radius 2 is 2.05 bits per heavy atom. The standard InChI is InChI=1S/C14H20N2O2S/c1-11-5-4-8-16(10-11)19(17,18)14-7-3-6-13(9-15)12(14)2/h3,5-7H,4,8-10,15H2,1-2H3. The number of nitrogens with zero attached hydrogens (tertiary/aromatic N) is 1. The van der Waals surface area contributed by atoms with Crippen LogP contribution in [0.15, 0.2) is 34.7 Å². The molecule has 0 saturated heterocycles. The Bertz CT molecular complexity index is 606. The smallest absolute Gasteiger partial charge is 0.243 e. The van der Waals surface area contributed by atoms with Crippen molar-refractivity contribution in [2.45, 2.75) is 31.7 Å². The molecule has 0 radical (unpaired) electrons. The maximum absolute atomic E-state index is 12.7. The molecular weight excluding hydrogens is 260 g/mol. The first-order valence-corrected chi connectivity index (χ1v) is 7.85. The van der Waals surface area contributed by atoms with Gasteiger partial charge < -0.3 is 5.73 Å². The maximum atomic E-state index is 12.7. The highest BCUT2D eigenvalue weighted by Gasteiger charge is 2.27. The number of nitrogens with two attached hydrogens (primary N) is 1. The fraction of sp³-hybridized carbons (Fsp3) is 0.429. The van der Waals surface area contributed by atoms with E-state index in [1.807, 2.05) is 19.9 Å². The largest absolute Gasteiger partial charge is 0.326 e. The van der Waals surface area contributed by atoms with Crippen molar-refractivity contribution in [1.82, 2.24) is 4.31 Å². The lowest BCUT2D eigenvalue weighted by Gasteiger charge is -2.26. The van der Waals surface area contributed by atoms with Crippen LogP contribution in [0.3, 0.4) is 0 Å². The third kappa shape index (κ3) is 2.73. The molecule has 4 nitrogen and oxygen atoms in total. The van der Waals surface area contributed by atoms with Crippen LogP contribution in [0.25, 0.3) is 0 Å². The summed E-state index contributed by atoms with van der Waals surface area (Å²) < 4.78 is 26.9. The molecule has 5 heteroatoms. The summed E-state index contributed by atoms with van der Waals surface area (Å²) >= 11 is 0. The molecule has 104 valence electrons. The van der Waals surface area contributed by atoms with E-state index in [-0.39, 0.29) is 0 Å². The summed E-state index contributed by atoms with van der Waals surface area (Å²) in [6.07, 6.45) is 2.87. The molecule has 0 atom stereocenters. The number of hydrogen-bond donors (Lipinski definition) is 1. The number of benzene rings is 1. The van der Waals surface area contributed by atoms with Gasteiger partial charge in [0.2, 0.25) is 10.0 Å². The second kappa shape index (κ2) is 5.45. The van der Waals surface area contributed by atoms with Crippen molar-refractivity contribution in [1.29, 1.82) is 0 Å². The van der Waals surface area contributed by atoms with Crippen molar-refractivity contribution in [3.8, 4) is 0 Å². The molecule has 0 spiro atoms. The minimum atomic E-state index is -3.42. The van der Waals surface area contributed by atoms with Crippen molar-refractivity contribution in [3.05, 3.63) is 41.0 Å². The first-order chi connectivity index (χ1) is 8.96. The van der Waals surface area contributed by atoms with Gasteiger partial charge in [0.1, 0.15) is 0 Å². The van der Waals surface area contributed by atoms with Crippen LogP contribution in [-0.2, 0) is 16.6 Å². The topological polar surface area (TPSA) is 63.4 Å². The highest BCUT2D eigenvalue weighted by molar-refractivity contribution is 7.89. The van der Waals surface area contributed by atoms with Crippen LogP contribution >= 0.6 is 0 Å². The van der Waals surface area contributed by atoms with Gasteiger partial charge >= 0.3 is 0 Å². The van der Waals surface area contributed by atoms with Crippen LogP contribution in [-0.4, -0.2) is 25.8 Å². The van der Waals surface area contributed by atoms with E-state index in [2.05, 4.69) is 6.08 Å². The van der Waals surface area contributed by atoms with Crippen molar-refractivity contribution in [2.24, 2.45) is 5.73 Å². The van der Waals surface area contributed by atoms with Crippen molar-refractivity contribution >= 4 is 10.0 Å². The Labute approximate surface area is 115 Å². The predicted octanol–water partition coefficient (Wildman–Crippen LogP) is 1.79. The van der Waals surface area contributed by atoms with E-state index in [0.29, 0.717) is 24.5 Å². The second-order valence-corrected chi connectivity index (χ2v) is 6.83. The molecule has 2 N–H and O–H groups in total. The Kier molecular flexibility index (Phi) is 4.08. The van der Waals surface area contributed by atoms with Gasteiger partial charge in [-0.3, -0.25) is 0 Å². The normalized spacial score (nSPS) is 17.3. The van der Waals surface area contributed by atoms with Gasteiger partial charge in [-0.1, -0.05) is 23.8 Å².